The Morgan fingerprint density at radius 1 is 1.29 bits per heavy atom. The van der Waals surface area contributed by atoms with Crippen LogP contribution in [-0.4, -0.2) is 50.4 Å². The van der Waals surface area contributed by atoms with Gasteiger partial charge in [0.05, 0.1) is 19.2 Å². The van der Waals surface area contributed by atoms with E-state index in [1.807, 2.05) is 12.1 Å². The molecule has 1 amide bonds. The van der Waals surface area contributed by atoms with Gasteiger partial charge in [-0.25, -0.2) is 0 Å². The SMILES string of the molecule is CNC(=O)C1CCN(CC(=O)c2ccccc2OC)CC1. The number of Topliss-reactive ketones (excluding diaryl/α,β-unsaturated/α-hetero) is 1. The number of likely N-dealkylation sites (tertiary alicyclic amines) is 1. The predicted molar refractivity (Wildman–Crippen MR) is 80.6 cm³/mol. The number of nitrogens with zero attached hydrogens (tertiary/aromatic N) is 1. The molecule has 5 heteroatoms. The largest absolute Gasteiger partial charge is 0.496 e. The van der Waals surface area contributed by atoms with Crippen molar-refractivity contribution in [2.24, 2.45) is 5.92 Å². The van der Waals surface area contributed by atoms with Crippen LogP contribution >= 0.6 is 0 Å². The van der Waals surface area contributed by atoms with E-state index >= 15 is 0 Å². The molecule has 1 aromatic rings. The molecular weight excluding hydrogens is 268 g/mol. The van der Waals surface area contributed by atoms with Gasteiger partial charge in [-0.2, -0.15) is 0 Å². The number of amides is 1. The minimum Gasteiger partial charge on any atom is -0.496 e. The summed E-state index contributed by atoms with van der Waals surface area (Å²) in [5.74, 6) is 0.854. The third-order valence-electron chi connectivity index (χ3n) is 3.98. The Morgan fingerprint density at radius 2 is 1.95 bits per heavy atom. The van der Waals surface area contributed by atoms with Gasteiger partial charge in [-0.15, -0.1) is 0 Å². The van der Waals surface area contributed by atoms with Crippen molar-refractivity contribution in [2.75, 3.05) is 33.8 Å². The average molecular weight is 290 g/mol. The van der Waals surface area contributed by atoms with E-state index in [2.05, 4.69) is 10.2 Å². The quantitative estimate of drug-likeness (QED) is 0.831. The van der Waals surface area contributed by atoms with Crippen molar-refractivity contribution < 1.29 is 14.3 Å². The van der Waals surface area contributed by atoms with Crippen molar-refractivity contribution in [3.8, 4) is 5.75 Å². The number of hydrogen-bond acceptors (Lipinski definition) is 4. The molecule has 0 unspecified atom stereocenters. The second-order valence-corrected chi connectivity index (χ2v) is 5.29. The fourth-order valence-electron chi connectivity index (χ4n) is 2.72. The molecule has 1 saturated heterocycles. The van der Waals surface area contributed by atoms with Crippen LogP contribution in [-0.2, 0) is 4.79 Å². The first-order valence-corrected chi connectivity index (χ1v) is 7.26. The molecular formula is C16H22N2O3. The van der Waals surface area contributed by atoms with E-state index in [0.717, 1.165) is 25.9 Å². The lowest BCUT2D eigenvalue weighted by molar-refractivity contribution is -0.125. The summed E-state index contributed by atoms with van der Waals surface area (Å²) in [5, 5.41) is 2.69. The van der Waals surface area contributed by atoms with E-state index < -0.39 is 0 Å². The van der Waals surface area contributed by atoms with Crippen molar-refractivity contribution in [1.82, 2.24) is 10.2 Å². The standard InChI is InChI=1S/C16H22N2O3/c1-17-16(20)12-7-9-18(10-8-12)11-14(19)13-5-3-4-6-15(13)21-2/h3-6,12H,7-11H2,1-2H3,(H,17,20). The van der Waals surface area contributed by atoms with Gasteiger partial charge in [0, 0.05) is 13.0 Å². The van der Waals surface area contributed by atoms with E-state index in [-0.39, 0.29) is 17.6 Å². The summed E-state index contributed by atoms with van der Waals surface area (Å²) >= 11 is 0. The van der Waals surface area contributed by atoms with Gasteiger partial charge < -0.3 is 10.1 Å². The minimum atomic E-state index is 0.0610. The first-order chi connectivity index (χ1) is 10.2. The molecule has 114 valence electrons. The Labute approximate surface area is 125 Å². The fraction of sp³-hybridized carbons (Fsp3) is 0.500. The van der Waals surface area contributed by atoms with Crippen LogP contribution in [0.4, 0.5) is 0 Å². The number of para-hydroxylation sites is 1. The van der Waals surface area contributed by atoms with Gasteiger partial charge in [-0.3, -0.25) is 14.5 Å². The lowest BCUT2D eigenvalue weighted by Gasteiger charge is -2.30. The van der Waals surface area contributed by atoms with Crippen molar-refractivity contribution >= 4 is 11.7 Å². The molecule has 1 aliphatic rings. The molecule has 0 aliphatic carbocycles. The predicted octanol–water partition coefficient (Wildman–Crippen LogP) is 1.34. The highest BCUT2D eigenvalue weighted by molar-refractivity contribution is 6.00. The maximum absolute atomic E-state index is 12.4. The lowest BCUT2D eigenvalue weighted by atomic mass is 9.95. The lowest BCUT2D eigenvalue weighted by Crippen LogP contribution is -2.41. The molecule has 2 rings (SSSR count). The van der Waals surface area contributed by atoms with Crippen LogP contribution in [0.1, 0.15) is 23.2 Å². The monoisotopic (exact) mass is 290 g/mol. The molecule has 0 atom stereocenters. The van der Waals surface area contributed by atoms with Gasteiger partial charge in [0.2, 0.25) is 5.91 Å². The molecule has 1 heterocycles. The van der Waals surface area contributed by atoms with Gasteiger partial charge >= 0.3 is 0 Å². The van der Waals surface area contributed by atoms with Crippen molar-refractivity contribution in [3.05, 3.63) is 29.8 Å². The third-order valence-corrected chi connectivity index (χ3v) is 3.98. The van der Waals surface area contributed by atoms with Crippen LogP contribution in [0.2, 0.25) is 0 Å². The van der Waals surface area contributed by atoms with Crippen LogP contribution < -0.4 is 10.1 Å². The van der Waals surface area contributed by atoms with Crippen molar-refractivity contribution in [3.63, 3.8) is 0 Å². The van der Waals surface area contributed by atoms with E-state index in [0.29, 0.717) is 17.9 Å². The number of carbonyl (C=O) groups excluding carboxylic acids is 2. The van der Waals surface area contributed by atoms with Crippen molar-refractivity contribution in [2.45, 2.75) is 12.8 Å². The van der Waals surface area contributed by atoms with Gasteiger partial charge in [0.15, 0.2) is 5.78 Å². The molecule has 5 nitrogen and oxygen atoms in total. The second kappa shape index (κ2) is 7.22. The highest BCUT2D eigenvalue weighted by atomic mass is 16.5. The first-order valence-electron chi connectivity index (χ1n) is 7.26. The van der Waals surface area contributed by atoms with E-state index in [1.165, 1.54) is 0 Å². The number of benzene rings is 1. The molecule has 0 bridgehead atoms. The summed E-state index contributed by atoms with van der Waals surface area (Å²) in [7, 11) is 3.24. The topological polar surface area (TPSA) is 58.6 Å². The second-order valence-electron chi connectivity index (χ2n) is 5.29. The summed E-state index contributed by atoms with van der Waals surface area (Å²) < 4.78 is 5.23. The zero-order valence-electron chi connectivity index (χ0n) is 12.6. The van der Waals surface area contributed by atoms with E-state index in [9.17, 15) is 9.59 Å². The van der Waals surface area contributed by atoms with Gasteiger partial charge in [0.1, 0.15) is 5.75 Å². The molecule has 1 aromatic carbocycles. The molecule has 21 heavy (non-hydrogen) atoms. The molecule has 1 aliphatic heterocycles. The van der Waals surface area contributed by atoms with Crippen LogP contribution in [0.5, 0.6) is 5.75 Å². The summed E-state index contributed by atoms with van der Waals surface area (Å²) in [6.07, 6.45) is 1.61. The number of piperidine rings is 1. The van der Waals surface area contributed by atoms with E-state index in [4.69, 9.17) is 4.74 Å². The first kappa shape index (κ1) is 15.5. The Balaban J connectivity index is 1.91. The number of methoxy groups -OCH3 is 1. The highest BCUT2D eigenvalue weighted by Gasteiger charge is 2.25. The molecule has 1 N–H and O–H groups in total. The van der Waals surface area contributed by atoms with Crippen LogP contribution in [0.3, 0.4) is 0 Å². The van der Waals surface area contributed by atoms with Gasteiger partial charge in [-0.1, -0.05) is 12.1 Å². The Hall–Kier alpha value is -1.88. The highest BCUT2D eigenvalue weighted by Crippen LogP contribution is 2.21. The fourth-order valence-corrected chi connectivity index (χ4v) is 2.72. The number of carbonyl (C=O) groups is 2. The van der Waals surface area contributed by atoms with Gasteiger partial charge in [-0.05, 0) is 38.1 Å². The molecule has 0 aromatic heterocycles. The Bertz CT molecular complexity index is 508. The van der Waals surface area contributed by atoms with Gasteiger partial charge in [0.25, 0.3) is 0 Å². The summed E-state index contributed by atoms with van der Waals surface area (Å²) in [6, 6.07) is 7.28. The van der Waals surface area contributed by atoms with Crippen LogP contribution in [0.25, 0.3) is 0 Å². The smallest absolute Gasteiger partial charge is 0.222 e. The summed E-state index contributed by atoms with van der Waals surface area (Å²) in [5.41, 5.74) is 0.619. The average Bonchev–Trinajstić information content (AvgIpc) is 2.54. The van der Waals surface area contributed by atoms with Crippen molar-refractivity contribution in [1.29, 1.82) is 0 Å². The zero-order valence-corrected chi connectivity index (χ0v) is 12.6. The zero-order chi connectivity index (χ0) is 15.2. The normalized spacial score (nSPS) is 16.5. The summed E-state index contributed by atoms with van der Waals surface area (Å²) in [6.45, 7) is 1.93. The van der Waals surface area contributed by atoms with Crippen LogP contribution in [0, 0.1) is 5.92 Å². The Morgan fingerprint density at radius 3 is 2.57 bits per heavy atom. The maximum atomic E-state index is 12.4. The number of nitrogens with one attached hydrogen (secondary N) is 1. The van der Waals surface area contributed by atoms with E-state index in [1.54, 1.807) is 26.3 Å². The van der Waals surface area contributed by atoms with Crippen LogP contribution in [0.15, 0.2) is 24.3 Å². The molecule has 1 fully saturated rings. The molecule has 0 spiro atoms. The third kappa shape index (κ3) is 3.82. The number of ketones is 1. The number of hydrogen-bond donors (Lipinski definition) is 1. The Kier molecular flexibility index (Phi) is 5.33. The summed E-state index contributed by atoms with van der Waals surface area (Å²) in [4.78, 5) is 26.1. The number of ether oxygens (including phenoxy) is 1. The minimum absolute atomic E-state index is 0.0610. The molecule has 0 saturated carbocycles. The molecule has 0 radical (unpaired) electrons. The maximum Gasteiger partial charge on any atom is 0.222 e. The number of rotatable bonds is 5.